The van der Waals surface area contributed by atoms with Crippen LogP contribution in [-0.2, 0) is 0 Å². The average Bonchev–Trinajstić information content (AvgIpc) is 3.23. The number of hydrogen-bond donors (Lipinski definition) is 2. The van der Waals surface area contributed by atoms with Crippen molar-refractivity contribution < 1.29 is 0 Å². The van der Waals surface area contributed by atoms with Crippen molar-refractivity contribution in [3.05, 3.63) is 29.8 Å². The number of aliphatic imine (C=N–C) groups is 1. The van der Waals surface area contributed by atoms with Gasteiger partial charge in [-0.1, -0.05) is 19.1 Å². The lowest BCUT2D eigenvalue weighted by Crippen LogP contribution is -2.43. The summed E-state index contributed by atoms with van der Waals surface area (Å²) in [6.07, 6.45) is 5.28. The second kappa shape index (κ2) is 11.9. The molecule has 0 spiro atoms. The van der Waals surface area contributed by atoms with Crippen LogP contribution in [-0.4, -0.2) is 57.2 Å². The summed E-state index contributed by atoms with van der Waals surface area (Å²) in [6.45, 7) is 11.4. The van der Waals surface area contributed by atoms with Gasteiger partial charge in [0.25, 0.3) is 0 Å². The number of nitrogens with zero attached hydrogens (tertiary/aromatic N) is 3. The molecule has 2 aliphatic rings. The molecule has 0 amide bonds. The Morgan fingerprint density at radius 2 is 1.89 bits per heavy atom. The van der Waals surface area contributed by atoms with E-state index in [1.807, 2.05) is 7.05 Å². The number of likely N-dealkylation sites (tertiary alicyclic amines) is 1. The van der Waals surface area contributed by atoms with Crippen molar-refractivity contribution in [2.45, 2.75) is 45.6 Å². The summed E-state index contributed by atoms with van der Waals surface area (Å²) in [7, 11) is 1.85. The van der Waals surface area contributed by atoms with Gasteiger partial charge in [0.15, 0.2) is 5.96 Å². The maximum atomic E-state index is 4.41. The highest BCUT2D eigenvalue weighted by molar-refractivity contribution is 14.0. The van der Waals surface area contributed by atoms with Crippen molar-refractivity contribution >= 4 is 35.6 Å². The van der Waals surface area contributed by atoms with E-state index in [-0.39, 0.29) is 30.0 Å². The largest absolute Gasteiger partial charge is 0.372 e. The van der Waals surface area contributed by atoms with Gasteiger partial charge < -0.3 is 20.4 Å². The van der Waals surface area contributed by atoms with E-state index >= 15 is 0 Å². The molecule has 1 atom stereocenters. The molecule has 158 valence electrons. The van der Waals surface area contributed by atoms with E-state index in [1.165, 1.54) is 63.1 Å². The van der Waals surface area contributed by atoms with Gasteiger partial charge in [0, 0.05) is 38.9 Å². The smallest absolute Gasteiger partial charge is 0.191 e. The summed E-state index contributed by atoms with van der Waals surface area (Å²) in [4.78, 5) is 9.46. The fourth-order valence-electron chi connectivity index (χ4n) is 4.07. The van der Waals surface area contributed by atoms with Gasteiger partial charge >= 0.3 is 0 Å². The van der Waals surface area contributed by atoms with Crippen molar-refractivity contribution in [1.82, 2.24) is 15.5 Å². The first-order valence-electron chi connectivity index (χ1n) is 10.7. The molecule has 1 unspecified atom stereocenters. The Morgan fingerprint density at radius 3 is 2.57 bits per heavy atom. The zero-order valence-corrected chi connectivity index (χ0v) is 20.1. The fourth-order valence-corrected chi connectivity index (χ4v) is 4.07. The molecular weight excluding hydrogens is 461 g/mol. The predicted molar refractivity (Wildman–Crippen MR) is 131 cm³/mol. The summed E-state index contributed by atoms with van der Waals surface area (Å²) in [5.74, 6) is 1.78. The molecule has 0 aliphatic carbocycles. The van der Waals surface area contributed by atoms with Crippen LogP contribution in [0.5, 0.6) is 0 Å². The Bertz CT molecular complexity index is 607. The van der Waals surface area contributed by atoms with Crippen LogP contribution in [0.15, 0.2) is 29.3 Å². The summed E-state index contributed by atoms with van der Waals surface area (Å²) < 4.78 is 0. The summed E-state index contributed by atoms with van der Waals surface area (Å²) in [5, 5.41) is 7.03. The van der Waals surface area contributed by atoms with Crippen LogP contribution in [0.2, 0.25) is 0 Å². The first-order valence-corrected chi connectivity index (χ1v) is 10.7. The van der Waals surface area contributed by atoms with Crippen LogP contribution in [0.1, 0.15) is 51.1 Å². The molecule has 2 N–H and O–H groups in total. The Morgan fingerprint density at radius 1 is 1.18 bits per heavy atom. The van der Waals surface area contributed by atoms with Crippen LogP contribution in [0.25, 0.3) is 0 Å². The highest BCUT2D eigenvalue weighted by Gasteiger charge is 2.16. The maximum absolute atomic E-state index is 4.41. The standard InChI is InChI=1S/C22H37N5.HI/c1-18-9-14-26(15-10-18)16-11-24-22(23-3)25-19(2)20-7-6-8-21(17-20)27-12-4-5-13-27;/h6-8,17-19H,4-5,9-16H2,1-3H3,(H2,23,24,25);1H. The third kappa shape index (κ3) is 6.79. The predicted octanol–water partition coefficient (Wildman–Crippen LogP) is 3.86. The molecule has 3 rings (SSSR count). The van der Waals surface area contributed by atoms with Gasteiger partial charge in [0.1, 0.15) is 0 Å². The van der Waals surface area contributed by atoms with Crippen molar-refractivity contribution in [2.24, 2.45) is 10.9 Å². The quantitative estimate of drug-likeness (QED) is 0.355. The minimum atomic E-state index is 0. The Kier molecular flexibility index (Phi) is 9.85. The third-order valence-corrected chi connectivity index (χ3v) is 6.01. The van der Waals surface area contributed by atoms with Crippen LogP contribution in [0, 0.1) is 5.92 Å². The highest BCUT2D eigenvalue weighted by atomic mass is 127. The van der Waals surface area contributed by atoms with Gasteiger partial charge in [0.05, 0.1) is 6.04 Å². The van der Waals surface area contributed by atoms with E-state index in [1.54, 1.807) is 0 Å². The normalized spacial score (nSPS) is 20.0. The van der Waals surface area contributed by atoms with Crippen LogP contribution in [0.4, 0.5) is 5.69 Å². The topological polar surface area (TPSA) is 42.9 Å². The Hall–Kier alpha value is -1.02. The van der Waals surface area contributed by atoms with E-state index < -0.39 is 0 Å². The number of piperidine rings is 1. The second-order valence-corrected chi connectivity index (χ2v) is 8.18. The molecule has 0 bridgehead atoms. The fraction of sp³-hybridized carbons (Fsp3) is 0.682. The number of rotatable bonds is 6. The molecule has 2 aliphatic heterocycles. The molecule has 0 saturated carbocycles. The van der Waals surface area contributed by atoms with E-state index in [9.17, 15) is 0 Å². The summed E-state index contributed by atoms with van der Waals surface area (Å²) in [6, 6.07) is 9.17. The first kappa shape index (κ1) is 23.3. The highest BCUT2D eigenvalue weighted by Crippen LogP contribution is 2.24. The number of benzene rings is 1. The molecule has 2 heterocycles. The number of halogens is 1. The van der Waals surface area contributed by atoms with Gasteiger partial charge in [0.2, 0.25) is 0 Å². The van der Waals surface area contributed by atoms with E-state index in [0.717, 1.165) is 25.0 Å². The minimum Gasteiger partial charge on any atom is -0.372 e. The molecule has 6 heteroatoms. The summed E-state index contributed by atoms with van der Waals surface area (Å²) in [5.41, 5.74) is 2.66. The van der Waals surface area contributed by atoms with E-state index in [0.29, 0.717) is 0 Å². The number of guanidine groups is 1. The van der Waals surface area contributed by atoms with Crippen LogP contribution < -0.4 is 15.5 Å². The van der Waals surface area contributed by atoms with Gasteiger partial charge in [-0.15, -0.1) is 24.0 Å². The summed E-state index contributed by atoms with van der Waals surface area (Å²) >= 11 is 0. The monoisotopic (exact) mass is 499 g/mol. The van der Waals surface area contributed by atoms with Crippen LogP contribution in [0.3, 0.4) is 0 Å². The molecule has 5 nitrogen and oxygen atoms in total. The maximum Gasteiger partial charge on any atom is 0.191 e. The lowest BCUT2D eigenvalue weighted by atomic mass is 9.99. The second-order valence-electron chi connectivity index (χ2n) is 8.18. The molecule has 1 aromatic carbocycles. The molecule has 0 radical (unpaired) electrons. The van der Waals surface area contributed by atoms with Gasteiger partial charge in [-0.2, -0.15) is 0 Å². The number of anilines is 1. The van der Waals surface area contributed by atoms with E-state index in [4.69, 9.17) is 0 Å². The molecule has 0 aromatic heterocycles. The molecule has 1 aromatic rings. The average molecular weight is 499 g/mol. The Labute approximate surface area is 188 Å². The molecule has 2 saturated heterocycles. The zero-order chi connectivity index (χ0) is 19.1. The van der Waals surface area contributed by atoms with Gasteiger partial charge in [-0.05, 0) is 69.3 Å². The third-order valence-electron chi connectivity index (χ3n) is 6.01. The Balaban J connectivity index is 0.00000280. The zero-order valence-electron chi connectivity index (χ0n) is 17.8. The van der Waals surface area contributed by atoms with Gasteiger partial charge in [-0.25, -0.2) is 0 Å². The minimum absolute atomic E-state index is 0. The van der Waals surface area contributed by atoms with Crippen molar-refractivity contribution in [1.29, 1.82) is 0 Å². The first-order chi connectivity index (χ1) is 13.2. The SMILES string of the molecule is CN=C(NCCN1CCC(C)CC1)NC(C)c1cccc(N2CCCC2)c1.I. The van der Waals surface area contributed by atoms with Crippen molar-refractivity contribution in [3.8, 4) is 0 Å². The lowest BCUT2D eigenvalue weighted by molar-refractivity contribution is 0.195. The van der Waals surface area contributed by atoms with Crippen molar-refractivity contribution in [2.75, 3.05) is 51.2 Å². The molecular formula is C22H38IN5. The lowest BCUT2D eigenvalue weighted by Gasteiger charge is -2.30. The van der Waals surface area contributed by atoms with Crippen molar-refractivity contribution in [3.63, 3.8) is 0 Å². The number of hydrogen-bond acceptors (Lipinski definition) is 3. The van der Waals surface area contributed by atoms with E-state index in [2.05, 4.69) is 63.5 Å². The number of nitrogens with one attached hydrogen (secondary N) is 2. The molecule has 28 heavy (non-hydrogen) atoms. The molecule has 2 fully saturated rings. The van der Waals surface area contributed by atoms with Crippen LogP contribution >= 0.6 is 24.0 Å². The van der Waals surface area contributed by atoms with Gasteiger partial charge in [-0.3, -0.25) is 4.99 Å².